The Kier molecular flexibility index (Phi) is 5.41. The third kappa shape index (κ3) is 3.51. The predicted molar refractivity (Wildman–Crippen MR) is 98.1 cm³/mol. The number of carbonyl (C=O) groups is 3. The van der Waals surface area contributed by atoms with Gasteiger partial charge < -0.3 is 4.74 Å². The number of ether oxygens (including phenoxy) is 1. The molecule has 2 aliphatic rings. The number of ketones is 1. The van der Waals surface area contributed by atoms with Gasteiger partial charge in [-0.3, -0.25) is 24.2 Å². The Morgan fingerprint density at radius 1 is 1.31 bits per heavy atom. The summed E-state index contributed by atoms with van der Waals surface area (Å²) in [5.74, 6) is -0.979. The number of benzene rings is 1. The van der Waals surface area contributed by atoms with E-state index in [1.54, 1.807) is 6.92 Å². The van der Waals surface area contributed by atoms with Crippen molar-refractivity contribution in [2.75, 3.05) is 31.3 Å². The van der Waals surface area contributed by atoms with E-state index in [-0.39, 0.29) is 11.9 Å². The Bertz CT molecular complexity index is 729. The fourth-order valence-corrected chi connectivity index (χ4v) is 3.65. The third-order valence-corrected chi connectivity index (χ3v) is 5.13. The molecule has 0 aromatic heterocycles. The third-order valence-electron chi connectivity index (χ3n) is 5.13. The highest BCUT2D eigenvalue weighted by Gasteiger charge is 2.38. The van der Waals surface area contributed by atoms with E-state index >= 15 is 0 Å². The van der Waals surface area contributed by atoms with Crippen LogP contribution in [0, 0.1) is 5.92 Å². The molecule has 6 nitrogen and oxygen atoms in total. The van der Waals surface area contributed by atoms with Gasteiger partial charge in [0.25, 0.3) is 5.78 Å². The molecule has 0 aliphatic carbocycles. The smallest absolute Gasteiger partial charge is 0.310 e. The highest BCUT2D eigenvalue weighted by atomic mass is 16.5. The van der Waals surface area contributed by atoms with Crippen LogP contribution in [0.1, 0.15) is 55.5 Å². The molecule has 0 bridgehead atoms. The predicted octanol–water partition coefficient (Wildman–Crippen LogP) is 2.57. The van der Waals surface area contributed by atoms with Crippen molar-refractivity contribution in [3.63, 3.8) is 0 Å². The van der Waals surface area contributed by atoms with Crippen LogP contribution in [0.2, 0.25) is 0 Å². The zero-order valence-corrected chi connectivity index (χ0v) is 15.7. The lowest BCUT2D eigenvalue weighted by Gasteiger charge is -2.34. The second kappa shape index (κ2) is 7.58. The lowest BCUT2D eigenvalue weighted by atomic mass is 9.98. The Morgan fingerprint density at radius 3 is 2.77 bits per heavy atom. The first-order valence-electron chi connectivity index (χ1n) is 9.31. The number of nitrogens with zero attached hydrogens (tertiary/aromatic N) is 2. The zero-order chi connectivity index (χ0) is 18.8. The molecule has 26 heavy (non-hydrogen) atoms. The first-order chi connectivity index (χ1) is 12.4. The number of likely N-dealkylation sites (tertiary alicyclic amines) is 1. The molecule has 0 radical (unpaired) electrons. The number of carbonyl (C=O) groups excluding carboxylic acids is 3. The molecule has 0 N–H and O–H groups in total. The number of fused-ring (bicyclic) bond motifs is 1. The first kappa shape index (κ1) is 18.6. The Hall–Kier alpha value is -2.21. The van der Waals surface area contributed by atoms with Gasteiger partial charge in [-0.25, -0.2) is 0 Å². The van der Waals surface area contributed by atoms with Crippen LogP contribution in [-0.2, 0) is 14.3 Å². The van der Waals surface area contributed by atoms with Gasteiger partial charge in [-0.15, -0.1) is 0 Å². The van der Waals surface area contributed by atoms with E-state index in [0.717, 1.165) is 24.9 Å². The molecule has 2 aliphatic heterocycles. The lowest BCUT2D eigenvalue weighted by Crippen LogP contribution is -2.46. The molecule has 6 heteroatoms. The summed E-state index contributed by atoms with van der Waals surface area (Å²) < 4.78 is 5.13. The summed E-state index contributed by atoms with van der Waals surface area (Å²) in [6.45, 7) is 7.97. The number of Topliss-reactive ketones (excluding diaryl/α,β-unsaturated/α-hetero) is 1. The van der Waals surface area contributed by atoms with Crippen LogP contribution in [0.15, 0.2) is 18.2 Å². The van der Waals surface area contributed by atoms with Crippen molar-refractivity contribution in [3.8, 4) is 0 Å². The summed E-state index contributed by atoms with van der Waals surface area (Å²) >= 11 is 0. The average Bonchev–Trinajstić information content (AvgIpc) is 2.86. The Morgan fingerprint density at radius 2 is 2.08 bits per heavy atom. The average molecular weight is 358 g/mol. The standard InChI is InChI=1S/C20H26N2O4/c1-4-26-20(25)15-6-5-9-21(11-15)12-22-17-8-7-14(13(2)3)10-16(17)18(23)19(22)24/h7-8,10,13,15H,4-6,9,11-12H2,1-3H3/t15-/m1/s1. The molecule has 0 spiro atoms. The van der Waals surface area contributed by atoms with Crippen molar-refractivity contribution in [2.24, 2.45) is 5.92 Å². The molecule has 3 rings (SSSR count). The molecule has 140 valence electrons. The van der Waals surface area contributed by atoms with Crippen molar-refractivity contribution in [2.45, 2.75) is 39.5 Å². The van der Waals surface area contributed by atoms with Gasteiger partial charge >= 0.3 is 11.9 Å². The quantitative estimate of drug-likeness (QED) is 0.598. The van der Waals surface area contributed by atoms with Crippen LogP contribution < -0.4 is 4.90 Å². The number of piperidine rings is 1. The largest absolute Gasteiger partial charge is 0.466 e. The van der Waals surface area contributed by atoms with Gasteiger partial charge in [0.05, 0.1) is 30.4 Å². The monoisotopic (exact) mass is 358 g/mol. The SMILES string of the molecule is CCOC(=O)[C@@H]1CCCN(CN2C(=O)C(=O)c3cc(C(C)C)ccc32)C1. The van der Waals surface area contributed by atoms with Crippen molar-refractivity contribution in [1.82, 2.24) is 4.90 Å². The normalized spacial score (nSPS) is 20.6. The van der Waals surface area contributed by atoms with Crippen molar-refractivity contribution in [1.29, 1.82) is 0 Å². The Balaban J connectivity index is 1.75. The van der Waals surface area contributed by atoms with Crippen LogP contribution in [0.4, 0.5) is 5.69 Å². The highest BCUT2D eigenvalue weighted by molar-refractivity contribution is 6.52. The zero-order valence-electron chi connectivity index (χ0n) is 15.7. The topological polar surface area (TPSA) is 66.9 Å². The number of hydrogen-bond acceptors (Lipinski definition) is 5. The molecule has 1 aromatic rings. The summed E-state index contributed by atoms with van der Waals surface area (Å²) in [5, 5.41) is 0. The van der Waals surface area contributed by atoms with Gasteiger partial charge in [0.2, 0.25) is 0 Å². The van der Waals surface area contributed by atoms with Gasteiger partial charge in [-0.1, -0.05) is 19.9 Å². The number of esters is 1. The second-order valence-electron chi connectivity index (χ2n) is 7.30. The molecular formula is C20H26N2O4. The van der Waals surface area contributed by atoms with Crippen molar-refractivity contribution < 1.29 is 19.1 Å². The summed E-state index contributed by atoms with van der Waals surface area (Å²) in [5.41, 5.74) is 2.20. The van der Waals surface area contributed by atoms with Gasteiger partial charge in [0.1, 0.15) is 0 Å². The van der Waals surface area contributed by atoms with Gasteiger partial charge in [0.15, 0.2) is 0 Å². The summed E-state index contributed by atoms with van der Waals surface area (Å²) in [4.78, 5) is 40.5. The van der Waals surface area contributed by atoms with E-state index in [4.69, 9.17) is 4.74 Å². The van der Waals surface area contributed by atoms with Gasteiger partial charge in [0, 0.05) is 6.54 Å². The van der Waals surface area contributed by atoms with E-state index in [1.807, 2.05) is 18.2 Å². The Labute approximate surface area is 154 Å². The number of rotatable bonds is 5. The summed E-state index contributed by atoms with van der Waals surface area (Å²) in [7, 11) is 0. The van der Waals surface area contributed by atoms with Gasteiger partial charge in [-0.05, 0) is 49.9 Å². The second-order valence-corrected chi connectivity index (χ2v) is 7.30. The maximum Gasteiger partial charge on any atom is 0.310 e. The van der Waals surface area contributed by atoms with E-state index in [9.17, 15) is 14.4 Å². The van der Waals surface area contributed by atoms with E-state index in [2.05, 4.69) is 18.7 Å². The minimum atomic E-state index is -0.487. The van der Waals surface area contributed by atoms with Crippen LogP contribution in [0.5, 0.6) is 0 Å². The molecule has 1 amide bonds. The molecule has 0 saturated carbocycles. The fourth-order valence-electron chi connectivity index (χ4n) is 3.65. The van der Waals surface area contributed by atoms with E-state index < -0.39 is 11.7 Å². The molecule has 0 unspecified atom stereocenters. The highest BCUT2D eigenvalue weighted by Crippen LogP contribution is 2.32. The molecule has 1 saturated heterocycles. The van der Waals surface area contributed by atoms with E-state index in [0.29, 0.717) is 37.0 Å². The molecule has 2 heterocycles. The lowest BCUT2D eigenvalue weighted by molar-refractivity contribution is -0.149. The van der Waals surface area contributed by atoms with Crippen molar-refractivity contribution >= 4 is 23.3 Å². The van der Waals surface area contributed by atoms with Crippen LogP contribution >= 0.6 is 0 Å². The molecular weight excluding hydrogens is 332 g/mol. The molecule has 1 atom stereocenters. The molecule has 1 fully saturated rings. The molecule has 1 aromatic carbocycles. The van der Waals surface area contributed by atoms with Crippen molar-refractivity contribution in [3.05, 3.63) is 29.3 Å². The van der Waals surface area contributed by atoms with Crippen LogP contribution in [0.3, 0.4) is 0 Å². The minimum absolute atomic E-state index is 0.167. The number of hydrogen-bond donors (Lipinski definition) is 0. The number of anilines is 1. The first-order valence-corrected chi connectivity index (χ1v) is 9.31. The maximum atomic E-state index is 12.5. The minimum Gasteiger partial charge on any atom is -0.466 e. The number of amides is 1. The maximum absolute atomic E-state index is 12.5. The van der Waals surface area contributed by atoms with E-state index in [1.165, 1.54) is 4.90 Å². The van der Waals surface area contributed by atoms with Crippen LogP contribution in [-0.4, -0.2) is 48.9 Å². The summed E-state index contributed by atoms with van der Waals surface area (Å²) in [6, 6.07) is 5.66. The fraction of sp³-hybridized carbons (Fsp3) is 0.550. The summed E-state index contributed by atoms with van der Waals surface area (Å²) in [6.07, 6.45) is 1.68. The van der Waals surface area contributed by atoms with Crippen LogP contribution in [0.25, 0.3) is 0 Å². The van der Waals surface area contributed by atoms with Gasteiger partial charge in [-0.2, -0.15) is 0 Å².